The highest BCUT2D eigenvalue weighted by atomic mass is 16.4. The number of carboxylic acids is 1. The van der Waals surface area contributed by atoms with Crippen LogP contribution >= 0.6 is 0 Å². The molecule has 0 radical (unpaired) electrons. The third-order valence-corrected chi connectivity index (χ3v) is 1.37. The minimum Gasteiger partial charge on any atom is -0.480 e. The van der Waals surface area contributed by atoms with Crippen molar-refractivity contribution >= 4 is 5.97 Å². The number of hydrogen-bond donors (Lipinski definition) is 1. The van der Waals surface area contributed by atoms with Crippen molar-refractivity contribution in [2.24, 2.45) is 5.92 Å². The number of nitrogens with zero attached hydrogens (tertiary/aromatic N) is 1. The zero-order valence-electron chi connectivity index (χ0n) is 7.79. The van der Waals surface area contributed by atoms with Crippen LogP contribution in [0, 0.1) is 5.92 Å². The number of rotatable bonds is 6. The van der Waals surface area contributed by atoms with E-state index in [2.05, 4.69) is 20.4 Å². The molecule has 0 aliphatic rings. The van der Waals surface area contributed by atoms with Gasteiger partial charge in [-0.2, -0.15) is 0 Å². The summed E-state index contributed by atoms with van der Waals surface area (Å²) in [5.74, 6) is -0.290. The van der Waals surface area contributed by atoms with Crippen molar-refractivity contribution in [2.45, 2.75) is 13.8 Å². The van der Waals surface area contributed by atoms with Crippen LogP contribution in [0.15, 0.2) is 12.7 Å². The molecule has 70 valence electrons. The standard InChI is InChI=1S/C9H17NO2/c1-4-5-10(6-8(2)3)7-9(11)12/h4,8H,1,5-7H2,2-3H3,(H,11,12). The first-order valence-electron chi connectivity index (χ1n) is 4.11. The number of carbonyl (C=O) groups is 1. The van der Waals surface area contributed by atoms with Crippen LogP contribution in [0.25, 0.3) is 0 Å². The molecule has 0 aliphatic heterocycles. The highest BCUT2D eigenvalue weighted by Crippen LogP contribution is 1.97. The molecule has 0 saturated heterocycles. The summed E-state index contributed by atoms with van der Waals surface area (Å²) < 4.78 is 0. The summed E-state index contributed by atoms with van der Waals surface area (Å²) in [5.41, 5.74) is 0. The minimum absolute atomic E-state index is 0.101. The van der Waals surface area contributed by atoms with Crippen molar-refractivity contribution in [3.05, 3.63) is 12.7 Å². The molecular weight excluding hydrogens is 154 g/mol. The van der Waals surface area contributed by atoms with Crippen LogP contribution < -0.4 is 0 Å². The molecule has 0 fully saturated rings. The van der Waals surface area contributed by atoms with E-state index in [1.165, 1.54) is 0 Å². The SMILES string of the molecule is C=CCN(CC(=O)O)CC(C)C. The maximum absolute atomic E-state index is 10.4. The third-order valence-electron chi connectivity index (χ3n) is 1.37. The summed E-state index contributed by atoms with van der Waals surface area (Å²) in [6.45, 7) is 9.26. The maximum Gasteiger partial charge on any atom is 0.317 e. The third kappa shape index (κ3) is 5.92. The second-order valence-electron chi connectivity index (χ2n) is 3.27. The summed E-state index contributed by atoms with van der Waals surface area (Å²) >= 11 is 0. The molecule has 0 aromatic heterocycles. The van der Waals surface area contributed by atoms with Gasteiger partial charge in [0.15, 0.2) is 0 Å². The smallest absolute Gasteiger partial charge is 0.317 e. The highest BCUT2D eigenvalue weighted by molar-refractivity contribution is 5.69. The van der Waals surface area contributed by atoms with Gasteiger partial charge in [0.1, 0.15) is 0 Å². The molecule has 3 heteroatoms. The first-order valence-corrected chi connectivity index (χ1v) is 4.11. The number of hydrogen-bond acceptors (Lipinski definition) is 2. The first kappa shape index (κ1) is 11.2. The summed E-state index contributed by atoms with van der Waals surface area (Å²) in [5, 5.41) is 8.55. The summed E-state index contributed by atoms with van der Waals surface area (Å²) in [4.78, 5) is 12.3. The van der Waals surface area contributed by atoms with Gasteiger partial charge in [-0.05, 0) is 5.92 Å². The number of carboxylic acid groups (broad SMARTS) is 1. The van der Waals surface area contributed by atoms with E-state index < -0.39 is 5.97 Å². The second-order valence-corrected chi connectivity index (χ2v) is 3.27. The lowest BCUT2D eigenvalue weighted by Gasteiger charge is -2.20. The van der Waals surface area contributed by atoms with Gasteiger partial charge in [-0.15, -0.1) is 6.58 Å². The fourth-order valence-electron chi connectivity index (χ4n) is 1.09. The molecule has 0 heterocycles. The van der Waals surface area contributed by atoms with Gasteiger partial charge < -0.3 is 5.11 Å². The molecule has 0 amide bonds. The highest BCUT2D eigenvalue weighted by Gasteiger charge is 2.08. The van der Waals surface area contributed by atoms with Crippen LogP contribution in [-0.2, 0) is 4.79 Å². The average Bonchev–Trinajstić information content (AvgIpc) is 1.84. The fraction of sp³-hybridized carbons (Fsp3) is 0.667. The van der Waals surface area contributed by atoms with Gasteiger partial charge in [-0.1, -0.05) is 19.9 Å². The van der Waals surface area contributed by atoms with Gasteiger partial charge >= 0.3 is 5.97 Å². The van der Waals surface area contributed by atoms with Gasteiger partial charge in [0.05, 0.1) is 6.54 Å². The van der Waals surface area contributed by atoms with Gasteiger partial charge in [-0.25, -0.2) is 0 Å². The largest absolute Gasteiger partial charge is 0.480 e. The molecule has 0 aromatic rings. The molecule has 0 spiro atoms. The van der Waals surface area contributed by atoms with E-state index in [9.17, 15) is 4.79 Å². The average molecular weight is 171 g/mol. The molecular formula is C9H17NO2. The van der Waals surface area contributed by atoms with E-state index in [-0.39, 0.29) is 6.54 Å². The Morgan fingerprint density at radius 1 is 1.67 bits per heavy atom. The molecule has 3 nitrogen and oxygen atoms in total. The van der Waals surface area contributed by atoms with Gasteiger partial charge in [0.25, 0.3) is 0 Å². The second kappa shape index (κ2) is 5.77. The lowest BCUT2D eigenvalue weighted by Crippen LogP contribution is -2.32. The lowest BCUT2D eigenvalue weighted by molar-refractivity contribution is -0.138. The van der Waals surface area contributed by atoms with E-state index in [1.54, 1.807) is 6.08 Å². The topological polar surface area (TPSA) is 40.5 Å². The Balaban J connectivity index is 3.85. The van der Waals surface area contributed by atoms with E-state index in [4.69, 9.17) is 5.11 Å². The fourth-order valence-corrected chi connectivity index (χ4v) is 1.09. The van der Waals surface area contributed by atoms with Crippen molar-refractivity contribution in [3.8, 4) is 0 Å². The lowest BCUT2D eigenvalue weighted by atomic mass is 10.2. The van der Waals surface area contributed by atoms with Crippen molar-refractivity contribution in [1.29, 1.82) is 0 Å². The zero-order valence-corrected chi connectivity index (χ0v) is 7.79. The van der Waals surface area contributed by atoms with E-state index >= 15 is 0 Å². The maximum atomic E-state index is 10.4. The van der Waals surface area contributed by atoms with Crippen molar-refractivity contribution in [3.63, 3.8) is 0 Å². The quantitative estimate of drug-likeness (QED) is 0.611. The summed E-state index contributed by atoms with van der Waals surface area (Å²) in [7, 11) is 0. The summed E-state index contributed by atoms with van der Waals surface area (Å²) in [6, 6.07) is 0. The molecule has 0 saturated carbocycles. The van der Waals surface area contributed by atoms with E-state index in [0.29, 0.717) is 12.5 Å². The van der Waals surface area contributed by atoms with Crippen LogP contribution in [0.5, 0.6) is 0 Å². The van der Waals surface area contributed by atoms with Crippen LogP contribution in [0.3, 0.4) is 0 Å². The van der Waals surface area contributed by atoms with Gasteiger partial charge in [-0.3, -0.25) is 9.69 Å². The van der Waals surface area contributed by atoms with Crippen molar-refractivity contribution in [1.82, 2.24) is 4.90 Å². The molecule has 0 aromatic carbocycles. The van der Waals surface area contributed by atoms with Gasteiger partial charge in [0, 0.05) is 13.1 Å². The molecule has 12 heavy (non-hydrogen) atoms. The van der Waals surface area contributed by atoms with Crippen LogP contribution in [0.1, 0.15) is 13.8 Å². The Morgan fingerprint density at radius 2 is 2.25 bits per heavy atom. The zero-order chi connectivity index (χ0) is 9.56. The Morgan fingerprint density at radius 3 is 2.58 bits per heavy atom. The number of aliphatic carboxylic acids is 1. The van der Waals surface area contributed by atoms with E-state index in [0.717, 1.165) is 6.54 Å². The Kier molecular flexibility index (Phi) is 5.37. The van der Waals surface area contributed by atoms with Crippen molar-refractivity contribution < 1.29 is 9.90 Å². The molecule has 1 N–H and O–H groups in total. The van der Waals surface area contributed by atoms with Crippen LogP contribution in [-0.4, -0.2) is 35.6 Å². The minimum atomic E-state index is -0.780. The van der Waals surface area contributed by atoms with Crippen LogP contribution in [0.4, 0.5) is 0 Å². The van der Waals surface area contributed by atoms with E-state index in [1.807, 2.05) is 4.90 Å². The Hall–Kier alpha value is -0.830. The molecule has 0 atom stereocenters. The Labute approximate surface area is 73.7 Å². The predicted octanol–water partition coefficient (Wildman–Crippen LogP) is 1.21. The predicted molar refractivity (Wildman–Crippen MR) is 49.1 cm³/mol. The monoisotopic (exact) mass is 171 g/mol. The molecule has 0 rings (SSSR count). The van der Waals surface area contributed by atoms with Crippen molar-refractivity contribution in [2.75, 3.05) is 19.6 Å². The first-order chi connectivity index (χ1) is 5.56. The summed E-state index contributed by atoms with van der Waals surface area (Å²) in [6.07, 6.45) is 1.73. The molecule has 0 bridgehead atoms. The normalized spacial score (nSPS) is 10.7. The molecule has 0 unspecified atom stereocenters. The van der Waals surface area contributed by atoms with Gasteiger partial charge in [0.2, 0.25) is 0 Å². The molecule has 0 aliphatic carbocycles. The Bertz CT molecular complexity index is 155. The van der Waals surface area contributed by atoms with Crippen LogP contribution in [0.2, 0.25) is 0 Å².